The summed E-state index contributed by atoms with van der Waals surface area (Å²) in [5.41, 5.74) is 0.768. The molecular weight excluding hydrogens is 294 g/mol. The van der Waals surface area contributed by atoms with Gasteiger partial charge in [-0.3, -0.25) is 9.59 Å². The number of carboxylic acid groups (broad SMARTS) is 1. The monoisotopic (exact) mass is 313 g/mol. The fraction of sp³-hybridized carbons (Fsp3) is 0.615. The summed E-state index contributed by atoms with van der Waals surface area (Å²) < 4.78 is 5.21. The number of carboxylic acids is 1. The summed E-state index contributed by atoms with van der Waals surface area (Å²) in [6.07, 6.45) is 0.933. The van der Waals surface area contributed by atoms with Crippen LogP contribution in [0, 0.1) is 0 Å². The van der Waals surface area contributed by atoms with Gasteiger partial charge in [-0.05, 0) is 0 Å². The normalized spacial score (nSPS) is 15.0. The zero-order chi connectivity index (χ0) is 15.1. The summed E-state index contributed by atoms with van der Waals surface area (Å²) >= 11 is 1.43. The van der Waals surface area contributed by atoms with Crippen molar-refractivity contribution in [2.24, 2.45) is 0 Å². The number of rotatable bonds is 7. The number of hydrogen-bond donors (Lipinski definition) is 2. The zero-order valence-electron chi connectivity index (χ0n) is 11.7. The number of anilines is 1. The lowest BCUT2D eigenvalue weighted by Gasteiger charge is -2.26. The van der Waals surface area contributed by atoms with E-state index in [2.05, 4.69) is 10.3 Å². The Morgan fingerprint density at radius 2 is 2.14 bits per heavy atom. The molecule has 8 heteroatoms. The van der Waals surface area contributed by atoms with Crippen molar-refractivity contribution < 1.29 is 19.4 Å². The highest BCUT2D eigenvalue weighted by Crippen LogP contribution is 2.16. The first-order valence-corrected chi connectivity index (χ1v) is 7.78. The Bertz CT molecular complexity index is 486. The molecule has 1 saturated heterocycles. The molecule has 0 bridgehead atoms. The first-order valence-electron chi connectivity index (χ1n) is 6.91. The third-order valence-electron chi connectivity index (χ3n) is 3.13. The topological polar surface area (TPSA) is 91.8 Å². The second-order valence-electron chi connectivity index (χ2n) is 4.71. The first kappa shape index (κ1) is 15.7. The van der Waals surface area contributed by atoms with Crippen LogP contribution in [0.15, 0.2) is 5.38 Å². The lowest BCUT2D eigenvalue weighted by Crippen LogP contribution is -2.41. The Morgan fingerprint density at radius 1 is 1.38 bits per heavy atom. The molecule has 0 saturated carbocycles. The number of aliphatic carboxylic acids is 1. The van der Waals surface area contributed by atoms with Crippen LogP contribution in [0.1, 0.15) is 18.5 Å². The molecule has 0 atom stereocenters. The Labute approximate surface area is 126 Å². The van der Waals surface area contributed by atoms with E-state index in [9.17, 15) is 9.59 Å². The number of ether oxygens (including phenoxy) is 1. The molecular formula is C13H19N3O4S. The Hall–Kier alpha value is -1.67. The number of aryl methyl sites for hydroxylation is 1. The minimum absolute atomic E-state index is 0.0820. The number of carbonyl (C=O) groups is 2. The molecule has 1 amide bonds. The summed E-state index contributed by atoms with van der Waals surface area (Å²) in [6.45, 7) is 3.07. The molecule has 1 aliphatic heterocycles. The van der Waals surface area contributed by atoms with Crippen molar-refractivity contribution in [1.29, 1.82) is 0 Å². The molecule has 0 unspecified atom stereocenters. The summed E-state index contributed by atoms with van der Waals surface area (Å²) in [5.74, 6) is -0.706. The molecule has 0 aromatic carbocycles. The van der Waals surface area contributed by atoms with E-state index in [1.54, 1.807) is 0 Å². The minimum atomic E-state index is -0.825. The number of nitrogens with one attached hydrogen (secondary N) is 1. The predicted molar refractivity (Wildman–Crippen MR) is 78.6 cm³/mol. The van der Waals surface area contributed by atoms with E-state index in [-0.39, 0.29) is 12.3 Å². The summed E-state index contributed by atoms with van der Waals surface area (Å²) in [5, 5.41) is 14.3. The molecule has 2 rings (SSSR count). The molecule has 7 nitrogen and oxygen atoms in total. The molecule has 0 spiro atoms. The van der Waals surface area contributed by atoms with E-state index in [0.717, 1.165) is 10.8 Å². The maximum atomic E-state index is 11.9. The standard InChI is InChI=1S/C13H19N3O4S/c17-11(16-5-7-20-8-6-16)3-4-14-13-15-10(9-21-13)1-2-12(18)19/h9H,1-8H2,(H,14,15)(H,18,19). The summed E-state index contributed by atoms with van der Waals surface area (Å²) in [7, 11) is 0. The average Bonchev–Trinajstić information content (AvgIpc) is 2.94. The van der Waals surface area contributed by atoms with Crippen LogP contribution >= 0.6 is 11.3 Å². The molecule has 21 heavy (non-hydrogen) atoms. The van der Waals surface area contributed by atoms with E-state index in [4.69, 9.17) is 9.84 Å². The van der Waals surface area contributed by atoms with Gasteiger partial charge in [-0.25, -0.2) is 4.98 Å². The van der Waals surface area contributed by atoms with Crippen LogP contribution in [0.2, 0.25) is 0 Å². The van der Waals surface area contributed by atoms with Crippen molar-refractivity contribution in [2.45, 2.75) is 19.3 Å². The molecule has 2 heterocycles. The third-order valence-corrected chi connectivity index (χ3v) is 3.97. The fourth-order valence-corrected chi connectivity index (χ4v) is 2.76. The van der Waals surface area contributed by atoms with Crippen molar-refractivity contribution in [3.8, 4) is 0 Å². The SMILES string of the molecule is O=C(O)CCc1csc(NCCC(=O)N2CCOCC2)n1. The number of morpholine rings is 1. The highest BCUT2D eigenvalue weighted by Gasteiger charge is 2.16. The van der Waals surface area contributed by atoms with Gasteiger partial charge in [-0.15, -0.1) is 11.3 Å². The molecule has 1 aromatic heterocycles. The van der Waals surface area contributed by atoms with E-state index >= 15 is 0 Å². The number of hydrogen-bond acceptors (Lipinski definition) is 6. The molecule has 1 aromatic rings. The van der Waals surface area contributed by atoms with Crippen LogP contribution in [0.3, 0.4) is 0 Å². The van der Waals surface area contributed by atoms with Gasteiger partial charge in [0.1, 0.15) is 0 Å². The average molecular weight is 313 g/mol. The van der Waals surface area contributed by atoms with Crippen molar-refractivity contribution in [1.82, 2.24) is 9.88 Å². The van der Waals surface area contributed by atoms with Gasteiger partial charge in [0.05, 0.1) is 25.3 Å². The van der Waals surface area contributed by atoms with Crippen molar-refractivity contribution in [2.75, 3.05) is 38.2 Å². The van der Waals surface area contributed by atoms with E-state index < -0.39 is 5.97 Å². The van der Waals surface area contributed by atoms with E-state index in [1.807, 2.05) is 10.3 Å². The maximum absolute atomic E-state index is 11.9. The molecule has 2 N–H and O–H groups in total. The number of carbonyl (C=O) groups excluding carboxylic acids is 1. The molecule has 1 aliphatic rings. The van der Waals surface area contributed by atoms with Gasteiger partial charge >= 0.3 is 5.97 Å². The van der Waals surface area contributed by atoms with Crippen LogP contribution in [-0.2, 0) is 20.7 Å². The Kier molecular flexibility index (Phi) is 5.94. The molecule has 1 fully saturated rings. The predicted octanol–water partition coefficient (Wildman–Crippen LogP) is 0.821. The maximum Gasteiger partial charge on any atom is 0.303 e. The van der Waals surface area contributed by atoms with Crippen LogP contribution < -0.4 is 5.32 Å². The van der Waals surface area contributed by atoms with Gasteiger partial charge in [0.15, 0.2) is 5.13 Å². The van der Waals surface area contributed by atoms with Gasteiger partial charge in [0, 0.05) is 37.9 Å². The number of amides is 1. The number of nitrogens with zero attached hydrogens (tertiary/aromatic N) is 2. The van der Waals surface area contributed by atoms with Crippen LogP contribution in [-0.4, -0.2) is 59.7 Å². The highest BCUT2D eigenvalue weighted by molar-refractivity contribution is 7.13. The lowest BCUT2D eigenvalue weighted by molar-refractivity contribution is -0.137. The second-order valence-corrected chi connectivity index (χ2v) is 5.57. The quantitative estimate of drug-likeness (QED) is 0.774. The lowest BCUT2D eigenvalue weighted by atomic mass is 10.2. The molecule has 0 aliphatic carbocycles. The largest absolute Gasteiger partial charge is 0.481 e. The highest BCUT2D eigenvalue weighted by atomic mass is 32.1. The van der Waals surface area contributed by atoms with Crippen molar-refractivity contribution >= 4 is 28.3 Å². The minimum Gasteiger partial charge on any atom is -0.481 e. The van der Waals surface area contributed by atoms with Crippen molar-refractivity contribution in [3.05, 3.63) is 11.1 Å². The summed E-state index contributed by atoms with van der Waals surface area (Å²) in [4.78, 5) is 28.5. The van der Waals surface area contributed by atoms with Gasteiger partial charge in [-0.1, -0.05) is 0 Å². The van der Waals surface area contributed by atoms with Gasteiger partial charge in [0.2, 0.25) is 5.91 Å². The van der Waals surface area contributed by atoms with Gasteiger partial charge in [-0.2, -0.15) is 0 Å². The second kappa shape index (κ2) is 7.94. The molecule has 0 radical (unpaired) electrons. The fourth-order valence-electron chi connectivity index (χ4n) is 1.99. The smallest absolute Gasteiger partial charge is 0.303 e. The van der Waals surface area contributed by atoms with Crippen LogP contribution in [0.25, 0.3) is 0 Å². The number of aromatic nitrogens is 1. The van der Waals surface area contributed by atoms with Gasteiger partial charge < -0.3 is 20.1 Å². The van der Waals surface area contributed by atoms with Crippen molar-refractivity contribution in [3.63, 3.8) is 0 Å². The first-order chi connectivity index (χ1) is 10.1. The summed E-state index contributed by atoms with van der Waals surface area (Å²) in [6, 6.07) is 0. The molecule has 116 valence electrons. The zero-order valence-corrected chi connectivity index (χ0v) is 12.5. The third kappa shape index (κ3) is 5.31. The van der Waals surface area contributed by atoms with E-state index in [0.29, 0.717) is 45.7 Å². The number of thiazole rings is 1. The van der Waals surface area contributed by atoms with Crippen LogP contribution in [0.5, 0.6) is 0 Å². The Morgan fingerprint density at radius 3 is 2.86 bits per heavy atom. The van der Waals surface area contributed by atoms with E-state index in [1.165, 1.54) is 11.3 Å². The van der Waals surface area contributed by atoms with Crippen LogP contribution in [0.4, 0.5) is 5.13 Å². The Balaban J connectivity index is 1.68. The van der Waals surface area contributed by atoms with Gasteiger partial charge in [0.25, 0.3) is 0 Å².